The van der Waals surface area contributed by atoms with Gasteiger partial charge < -0.3 is 0 Å². The molecule has 0 saturated carbocycles. The predicted molar refractivity (Wildman–Crippen MR) is 50.7 cm³/mol. The van der Waals surface area contributed by atoms with Crippen LogP contribution in [0.3, 0.4) is 0 Å². The van der Waals surface area contributed by atoms with E-state index in [4.69, 9.17) is 0 Å². The topological polar surface area (TPSA) is 0 Å². The molecule has 0 aromatic heterocycles. The van der Waals surface area contributed by atoms with Gasteiger partial charge in [0.2, 0.25) is 0 Å². The van der Waals surface area contributed by atoms with Crippen LogP contribution in [0.1, 0.15) is 11.1 Å². The van der Waals surface area contributed by atoms with E-state index >= 15 is 0 Å². The first kappa shape index (κ1) is 10.6. The maximum Gasteiger partial charge on any atom is 0.417 e. The molecular weight excluding hydrogens is 189 g/mol. The molecule has 0 atom stereocenters. The monoisotopic (exact) mass is 198 g/mol. The third-order valence-electron chi connectivity index (χ3n) is 1.82. The summed E-state index contributed by atoms with van der Waals surface area (Å²) >= 11 is 0. The number of rotatable bonds is 2. The molecule has 1 rings (SSSR count). The number of alkyl halides is 3. The third-order valence-corrected chi connectivity index (χ3v) is 1.82. The minimum Gasteiger partial charge on any atom is -0.166 e. The summed E-state index contributed by atoms with van der Waals surface area (Å²) in [5.41, 5.74) is -0.321. The van der Waals surface area contributed by atoms with Crippen molar-refractivity contribution in [2.24, 2.45) is 0 Å². The van der Waals surface area contributed by atoms with Crippen LogP contribution < -0.4 is 0 Å². The van der Waals surface area contributed by atoms with Crippen molar-refractivity contribution in [3.63, 3.8) is 0 Å². The molecule has 0 unspecified atom stereocenters. The molecule has 0 aliphatic heterocycles. The molecule has 0 N–H and O–H groups in total. The Morgan fingerprint density at radius 3 is 2.29 bits per heavy atom. The summed E-state index contributed by atoms with van der Waals surface area (Å²) in [6.45, 7) is 6.89. The lowest BCUT2D eigenvalue weighted by molar-refractivity contribution is -0.137. The van der Waals surface area contributed by atoms with Crippen LogP contribution >= 0.6 is 0 Å². The van der Waals surface area contributed by atoms with E-state index in [0.29, 0.717) is 0 Å². The van der Waals surface area contributed by atoms with Gasteiger partial charge in [0, 0.05) is 0 Å². The molecule has 1 aromatic carbocycles. The minimum atomic E-state index is -4.34. The van der Waals surface area contributed by atoms with Gasteiger partial charge in [-0.1, -0.05) is 37.4 Å². The second-order valence-corrected chi connectivity index (χ2v) is 2.77. The van der Waals surface area contributed by atoms with Gasteiger partial charge in [0.05, 0.1) is 5.56 Å². The first-order valence-electron chi connectivity index (χ1n) is 3.94. The molecule has 0 aliphatic rings. The zero-order valence-corrected chi connectivity index (χ0v) is 7.43. The fraction of sp³-hybridized carbons (Fsp3) is 0.0909. The van der Waals surface area contributed by atoms with E-state index in [2.05, 4.69) is 13.2 Å². The summed E-state index contributed by atoms with van der Waals surface area (Å²) in [4.78, 5) is 0. The van der Waals surface area contributed by atoms with Gasteiger partial charge in [-0.25, -0.2) is 0 Å². The average molecular weight is 198 g/mol. The number of hydrogen-bond acceptors (Lipinski definition) is 0. The Hall–Kier alpha value is -1.51. The van der Waals surface area contributed by atoms with Crippen molar-refractivity contribution in [3.05, 3.63) is 54.6 Å². The Balaban J connectivity index is 3.30. The second-order valence-electron chi connectivity index (χ2n) is 2.77. The minimum absolute atomic E-state index is 0.0787. The SMILES string of the molecule is C=CC(=C)c1ccccc1C(F)(F)F. The van der Waals surface area contributed by atoms with Crippen LogP contribution in [-0.4, -0.2) is 0 Å². The Morgan fingerprint density at radius 1 is 1.21 bits per heavy atom. The quantitative estimate of drug-likeness (QED) is 0.632. The Morgan fingerprint density at radius 2 is 1.79 bits per heavy atom. The van der Waals surface area contributed by atoms with Crippen LogP contribution in [0.5, 0.6) is 0 Å². The van der Waals surface area contributed by atoms with Gasteiger partial charge in [0.15, 0.2) is 0 Å². The molecule has 3 heteroatoms. The van der Waals surface area contributed by atoms with Crippen molar-refractivity contribution in [2.45, 2.75) is 6.18 Å². The van der Waals surface area contributed by atoms with Crippen LogP contribution in [0.15, 0.2) is 43.5 Å². The molecule has 74 valence electrons. The molecule has 0 nitrogen and oxygen atoms in total. The Labute approximate surface area is 80.4 Å². The van der Waals surface area contributed by atoms with Crippen molar-refractivity contribution >= 4 is 5.57 Å². The molecule has 0 saturated heterocycles. The fourth-order valence-electron chi connectivity index (χ4n) is 1.12. The van der Waals surface area contributed by atoms with Crippen LogP contribution in [0.4, 0.5) is 13.2 Å². The standard InChI is InChI=1S/C11H9F3/c1-3-8(2)9-6-4-5-7-10(9)11(12,13)14/h3-7H,1-2H2. The number of allylic oxidation sites excluding steroid dienone is 2. The lowest BCUT2D eigenvalue weighted by atomic mass is 10.0. The predicted octanol–water partition coefficient (Wildman–Crippen LogP) is 3.90. The zero-order chi connectivity index (χ0) is 10.8. The molecule has 0 radical (unpaired) electrons. The highest BCUT2D eigenvalue weighted by molar-refractivity contribution is 5.73. The van der Waals surface area contributed by atoms with Crippen LogP contribution in [0.2, 0.25) is 0 Å². The normalized spacial score (nSPS) is 11.1. The van der Waals surface area contributed by atoms with E-state index in [9.17, 15) is 13.2 Å². The molecule has 0 aliphatic carbocycles. The summed E-state index contributed by atoms with van der Waals surface area (Å²) in [5.74, 6) is 0. The van der Waals surface area contributed by atoms with Gasteiger partial charge in [-0.15, -0.1) is 0 Å². The number of benzene rings is 1. The smallest absolute Gasteiger partial charge is 0.166 e. The summed E-state index contributed by atoms with van der Waals surface area (Å²) in [6, 6.07) is 5.30. The average Bonchev–Trinajstić information content (AvgIpc) is 2.15. The summed E-state index contributed by atoms with van der Waals surface area (Å²) in [5, 5.41) is 0. The Bertz CT molecular complexity index is 361. The molecule has 0 spiro atoms. The first-order chi connectivity index (χ1) is 6.46. The second kappa shape index (κ2) is 3.70. The van der Waals surface area contributed by atoms with Gasteiger partial charge >= 0.3 is 6.18 Å². The highest BCUT2D eigenvalue weighted by atomic mass is 19.4. The van der Waals surface area contributed by atoms with Gasteiger partial charge in [-0.05, 0) is 17.2 Å². The van der Waals surface area contributed by atoms with E-state index in [1.807, 2.05) is 0 Å². The molecule has 14 heavy (non-hydrogen) atoms. The summed E-state index contributed by atoms with van der Waals surface area (Å²) < 4.78 is 37.4. The van der Waals surface area contributed by atoms with Crippen molar-refractivity contribution in [1.29, 1.82) is 0 Å². The maximum atomic E-state index is 12.5. The molecular formula is C11H9F3. The van der Waals surface area contributed by atoms with Crippen molar-refractivity contribution < 1.29 is 13.2 Å². The van der Waals surface area contributed by atoms with E-state index in [1.165, 1.54) is 18.2 Å². The van der Waals surface area contributed by atoms with Gasteiger partial charge in [0.1, 0.15) is 0 Å². The van der Waals surface area contributed by atoms with Gasteiger partial charge in [-0.2, -0.15) is 13.2 Å². The maximum absolute atomic E-state index is 12.5. The zero-order valence-electron chi connectivity index (χ0n) is 7.43. The first-order valence-corrected chi connectivity index (χ1v) is 3.94. The summed E-state index contributed by atoms with van der Waals surface area (Å²) in [6.07, 6.45) is -3.03. The van der Waals surface area contributed by atoms with Crippen molar-refractivity contribution in [3.8, 4) is 0 Å². The van der Waals surface area contributed by atoms with Crippen molar-refractivity contribution in [1.82, 2.24) is 0 Å². The van der Waals surface area contributed by atoms with Crippen LogP contribution in [0, 0.1) is 0 Å². The van der Waals surface area contributed by atoms with E-state index in [-0.39, 0.29) is 11.1 Å². The van der Waals surface area contributed by atoms with E-state index < -0.39 is 11.7 Å². The highest BCUT2D eigenvalue weighted by Gasteiger charge is 2.33. The largest absolute Gasteiger partial charge is 0.417 e. The van der Waals surface area contributed by atoms with E-state index in [1.54, 1.807) is 6.07 Å². The van der Waals surface area contributed by atoms with Crippen LogP contribution in [0.25, 0.3) is 5.57 Å². The number of hydrogen-bond donors (Lipinski definition) is 0. The highest BCUT2D eigenvalue weighted by Crippen LogP contribution is 2.34. The molecule has 0 bridgehead atoms. The van der Waals surface area contributed by atoms with E-state index in [0.717, 1.165) is 6.07 Å². The lowest BCUT2D eigenvalue weighted by Gasteiger charge is -2.12. The molecule has 0 heterocycles. The van der Waals surface area contributed by atoms with Crippen molar-refractivity contribution in [2.75, 3.05) is 0 Å². The molecule has 0 amide bonds. The lowest BCUT2D eigenvalue weighted by Crippen LogP contribution is -2.07. The van der Waals surface area contributed by atoms with Crippen LogP contribution in [-0.2, 0) is 6.18 Å². The van der Waals surface area contributed by atoms with Gasteiger partial charge in [-0.3, -0.25) is 0 Å². The summed E-state index contributed by atoms with van der Waals surface area (Å²) in [7, 11) is 0. The Kier molecular flexibility index (Phi) is 2.79. The third kappa shape index (κ3) is 2.05. The molecule has 1 aromatic rings. The molecule has 0 fully saturated rings. The fourth-order valence-corrected chi connectivity index (χ4v) is 1.12. The number of halogens is 3. The van der Waals surface area contributed by atoms with Gasteiger partial charge in [0.25, 0.3) is 0 Å².